The minimum atomic E-state index is -2.59. The number of unbranched alkanes of at least 4 members (excludes halogenated alkanes) is 4. The van der Waals surface area contributed by atoms with E-state index in [-0.39, 0.29) is 0 Å². The summed E-state index contributed by atoms with van der Waals surface area (Å²) in [5.74, 6) is 0. The van der Waals surface area contributed by atoms with Gasteiger partial charge in [0.25, 0.3) is 0 Å². The molecule has 0 radical (unpaired) electrons. The quantitative estimate of drug-likeness (QED) is 0.180. The first-order valence-electron chi connectivity index (χ1n) is 11.6. The molecule has 0 spiro atoms. The predicted molar refractivity (Wildman–Crippen MR) is 134 cm³/mol. The highest BCUT2D eigenvalue weighted by Gasteiger charge is 2.46. The second-order valence-electron chi connectivity index (χ2n) is 8.21. The first kappa shape index (κ1) is 31.3. The lowest BCUT2D eigenvalue weighted by molar-refractivity contribution is 0.118. The van der Waals surface area contributed by atoms with Crippen LogP contribution in [-0.4, -0.2) is 108 Å². The van der Waals surface area contributed by atoms with Crippen molar-refractivity contribution in [1.82, 2.24) is 10.2 Å². The van der Waals surface area contributed by atoms with Crippen LogP contribution in [-0.2, 0) is 26.6 Å². The fourth-order valence-corrected chi connectivity index (χ4v) is 12.5. The summed E-state index contributed by atoms with van der Waals surface area (Å²) < 4.78 is 34.0. The molecule has 0 rings (SSSR count). The summed E-state index contributed by atoms with van der Waals surface area (Å²) in [6.45, 7) is 2.11. The Balaban J connectivity index is 4.41. The van der Waals surface area contributed by atoms with Crippen LogP contribution >= 0.6 is 0 Å². The van der Waals surface area contributed by atoms with Crippen LogP contribution in [0.1, 0.15) is 44.9 Å². The largest absolute Gasteiger partial charge is 0.500 e. The SMILES string of the molecule is CO[Si](CCCNC[SiH2]C(CCCCCCCN(C)C)[Si](OC)(OC)OC)(OC)OC. The van der Waals surface area contributed by atoms with Crippen molar-refractivity contribution in [2.24, 2.45) is 0 Å². The summed E-state index contributed by atoms with van der Waals surface area (Å²) in [7, 11) is 8.96. The summed E-state index contributed by atoms with van der Waals surface area (Å²) in [6.07, 6.45) is 9.51. The van der Waals surface area contributed by atoms with Crippen molar-refractivity contribution in [1.29, 1.82) is 0 Å². The fraction of sp³-hybridized carbons (Fsp3) is 1.00. The summed E-state index contributed by atoms with van der Waals surface area (Å²) in [5.41, 5.74) is 0. The van der Waals surface area contributed by atoms with Crippen LogP contribution in [0.15, 0.2) is 0 Å². The standard InChI is InChI=1S/C20H50N2O6Si3/c1-22(2)17-13-11-9-10-12-15-20(31(26-6,27-7)28-8)29-19-21-16-14-18-30(23-3,24-4)25-5/h20-21H,9-19,29H2,1-8H3. The molecule has 0 saturated carbocycles. The van der Waals surface area contributed by atoms with Gasteiger partial charge in [0, 0.05) is 63.4 Å². The van der Waals surface area contributed by atoms with Crippen molar-refractivity contribution in [3.63, 3.8) is 0 Å². The van der Waals surface area contributed by atoms with Gasteiger partial charge in [-0.25, -0.2) is 0 Å². The van der Waals surface area contributed by atoms with Crippen molar-refractivity contribution >= 4 is 27.1 Å². The first-order chi connectivity index (χ1) is 14.9. The van der Waals surface area contributed by atoms with Crippen LogP contribution in [0.4, 0.5) is 0 Å². The molecule has 8 nitrogen and oxygen atoms in total. The van der Waals surface area contributed by atoms with Crippen molar-refractivity contribution < 1.29 is 26.6 Å². The van der Waals surface area contributed by atoms with Crippen LogP contribution in [0.3, 0.4) is 0 Å². The average Bonchev–Trinajstić information content (AvgIpc) is 2.79. The highest BCUT2D eigenvalue weighted by atomic mass is 28.4. The molecule has 0 heterocycles. The highest BCUT2D eigenvalue weighted by molar-refractivity contribution is 6.73. The molecule has 1 unspecified atom stereocenters. The molecule has 0 bridgehead atoms. The zero-order valence-electron chi connectivity index (χ0n) is 21.5. The molecule has 0 aliphatic rings. The third kappa shape index (κ3) is 12.4. The van der Waals surface area contributed by atoms with Crippen LogP contribution in [0.2, 0.25) is 11.2 Å². The Hall–Kier alpha value is 0.331. The molecule has 0 fully saturated rings. The summed E-state index contributed by atoms with van der Waals surface area (Å²) in [4.78, 5) is 2.26. The molecule has 0 aromatic carbocycles. The lowest BCUT2D eigenvalue weighted by Gasteiger charge is -2.32. The second kappa shape index (κ2) is 18.7. The number of rotatable bonds is 22. The monoisotopic (exact) mass is 498 g/mol. The highest BCUT2D eigenvalue weighted by Crippen LogP contribution is 2.28. The van der Waals surface area contributed by atoms with Gasteiger partial charge in [-0.2, -0.15) is 0 Å². The molecular weight excluding hydrogens is 448 g/mol. The third-order valence-electron chi connectivity index (χ3n) is 5.95. The maximum absolute atomic E-state index is 5.84. The lowest BCUT2D eigenvalue weighted by Crippen LogP contribution is -2.51. The zero-order chi connectivity index (χ0) is 23.6. The van der Waals surface area contributed by atoms with Crippen molar-refractivity contribution in [2.45, 2.75) is 56.2 Å². The topological polar surface area (TPSA) is 70.7 Å². The Kier molecular flexibility index (Phi) is 18.9. The molecule has 0 aliphatic heterocycles. The van der Waals surface area contributed by atoms with E-state index in [1.807, 2.05) is 0 Å². The molecule has 0 aromatic heterocycles. The molecular formula is C20H50N2O6Si3. The van der Waals surface area contributed by atoms with E-state index < -0.39 is 27.1 Å². The maximum Gasteiger partial charge on any atom is 0.500 e. The minimum absolute atomic E-state index is 0.437. The van der Waals surface area contributed by atoms with Crippen molar-refractivity contribution in [3.05, 3.63) is 0 Å². The van der Waals surface area contributed by atoms with E-state index in [1.165, 1.54) is 38.6 Å². The van der Waals surface area contributed by atoms with Gasteiger partial charge in [-0.1, -0.05) is 25.7 Å². The average molecular weight is 499 g/mol. The van der Waals surface area contributed by atoms with Gasteiger partial charge in [0.1, 0.15) is 0 Å². The van der Waals surface area contributed by atoms with Crippen molar-refractivity contribution in [3.8, 4) is 0 Å². The molecule has 0 amide bonds. The lowest BCUT2D eigenvalue weighted by atomic mass is 10.1. The second-order valence-corrected chi connectivity index (χ2v) is 17.4. The van der Waals surface area contributed by atoms with Gasteiger partial charge in [-0.3, -0.25) is 0 Å². The van der Waals surface area contributed by atoms with E-state index in [0.29, 0.717) is 5.16 Å². The van der Waals surface area contributed by atoms with E-state index >= 15 is 0 Å². The van der Waals surface area contributed by atoms with Gasteiger partial charge < -0.3 is 36.8 Å². The Morgan fingerprint density at radius 1 is 0.742 bits per heavy atom. The van der Waals surface area contributed by atoms with Gasteiger partial charge >= 0.3 is 17.6 Å². The smallest absolute Gasteiger partial charge is 0.377 e. The maximum atomic E-state index is 5.84. The van der Waals surface area contributed by atoms with Gasteiger partial charge in [0.15, 0.2) is 0 Å². The van der Waals surface area contributed by atoms with Crippen LogP contribution < -0.4 is 5.32 Å². The summed E-state index contributed by atoms with van der Waals surface area (Å²) in [6, 6.07) is 0.815. The molecule has 1 N–H and O–H groups in total. The van der Waals surface area contributed by atoms with Crippen LogP contribution in [0.25, 0.3) is 0 Å². The molecule has 31 heavy (non-hydrogen) atoms. The normalized spacial score (nSPS) is 14.2. The van der Waals surface area contributed by atoms with Crippen LogP contribution in [0, 0.1) is 0 Å². The fourth-order valence-electron chi connectivity index (χ4n) is 3.98. The molecule has 11 heteroatoms. The molecule has 0 saturated heterocycles. The van der Waals surface area contributed by atoms with Gasteiger partial charge in [0.2, 0.25) is 0 Å². The Labute approximate surface area is 196 Å². The van der Waals surface area contributed by atoms with E-state index in [1.54, 1.807) is 42.7 Å². The van der Waals surface area contributed by atoms with Crippen molar-refractivity contribution in [2.75, 3.05) is 76.0 Å². The molecule has 0 aromatic rings. The van der Waals surface area contributed by atoms with E-state index in [9.17, 15) is 0 Å². The third-order valence-corrected chi connectivity index (χ3v) is 15.9. The summed E-state index contributed by atoms with van der Waals surface area (Å²) in [5, 5.41) is 4.04. The molecule has 1 atom stereocenters. The number of nitrogens with zero attached hydrogens (tertiary/aromatic N) is 1. The number of nitrogens with one attached hydrogen (secondary N) is 1. The van der Waals surface area contributed by atoms with Gasteiger partial charge in [0.05, 0.1) is 0 Å². The number of hydrogen-bond acceptors (Lipinski definition) is 8. The zero-order valence-corrected chi connectivity index (χ0v) is 24.9. The Bertz CT molecular complexity index is 400. The van der Waals surface area contributed by atoms with E-state index in [4.69, 9.17) is 26.6 Å². The minimum Gasteiger partial charge on any atom is -0.377 e. The van der Waals surface area contributed by atoms with E-state index in [0.717, 1.165) is 31.6 Å². The Morgan fingerprint density at radius 3 is 1.81 bits per heavy atom. The van der Waals surface area contributed by atoms with Gasteiger partial charge in [-0.05, 0) is 52.6 Å². The number of hydrogen-bond donors (Lipinski definition) is 1. The van der Waals surface area contributed by atoms with Crippen LogP contribution in [0.5, 0.6) is 0 Å². The summed E-state index contributed by atoms with van der Waals surface area (Å²) >= 11 is 0. The first-order valence-corrected chi connectivity index (χ1v) is 17.1. The molecule has 188 valence electrons. The van der Waals surface area contributed by atoms with Gasteiger partial charge in [-0.15, -0.1) is 0 Å². The molecule has 0 aliphatic carbocycles. The predicted octanol–water partition coefficient (Wildman–Crippen LogP) is 2.08. The van der Waals surface area contributed by atoms with E-state index in [2.05, 4.69) is 24.3 Å². The Morgan fingerprint density at radius 2 is 1.29 bits per heavy atom.